The van der Waals surface area contributed by atoms with Gasteiger partial charge in [0, 0.05) is 17.3 Å². The summed E-state index contributed by atoms with van der Waals surface area (Å²) < 4.78 is 0. The predicted octanol–water partition coefficient (Wildman–Crippen LogP) is 2.25. The number of nitrogens with one attached hydrogen (secondary N) is 1. The maximum absolute atomic E-state index is 5.72. The van der Waals surface area contributed by atoms with Crippen molar-refractivity contribution in [3.8, 4) is 0 Å². The van der Waals surface area contributed by atoms with Crippen molar-refractivity contribution in [3.05, 3.63) is 16.1 Å². The minimum absolute atomic E-state index is 0.102. The normalized spacial score (nSPS) is 12.8. The summed E-state index contributed by atoms with van der Waals surface area (Å²) in [6.07, 6.45) is 1.04. The summed E-state index contributed by atoms with van der Waals surface area (Å²) in [5.41, 5.74) is 6.94. The Morgan fingerprint density at radius 2 is 2.24 bits per heavy atom. The molecule has 0 aliphatic rings. The van der Waals surface area contributed by atoms with Crippen LogP contribution in [0.2, 0.25) is 0 Å². The van der Waals surface area contributed by atoms with Gasteiger partial charge in [-0.15, -0.1) is 11.3 Å². The smallest absolute Gasteiger partial charge is 0.189 e. The second kappa shape index (κ2) is 6.00. The molecule has 0 bridgehead atoms. The van der Waals surface area contributed by atoms with Crippen LogP contribution >= 0.6 is 11.3 Å². The molecule has 0 saturated heterocycles. The third-order valence-corrected chi connectivity index (χ3v) is 3.09. The molecule has 0 spiro atoms. The number of hydrogen-bond acceptors (Lipinski definition) is 3. The van der Waals surface area contributed by atoms with Gasteiger partial charge in [-0.05, 0) is 6.42 Å². The third kappa shape index (κ3) is 4.73. The van der Waals surface area contributed by atoms with Gasteiger partial charge in [-0.3, -0.25) is 0 Å². The molecule has 3 N–H and O–H groups in total. The summed E-state index contributed by atoms with van der Waals surface area (Å²) in [6.45, 7) is 9.99. The van der Waals surface area contributed by atoms with E-state index in [2.05, 4.69) is 48.4 Å². The monoisotopic (exact) mass is 254 g/mol. The summed E-state index contributed by atoms with van der Waals surface area (Å²) >= 11 is 1.64. The first-order chi connectivity index (χ1) is 7.93. The average molecular weight is 254 g/mol. The van der Waals surface area contributed by atoms with Crippen LogP contribution in [0.25, 0.3) is 0 Å². The van der Waals surface area contributed by atoms with E-state index in [0.29, 0.717) is 12.5 Å². The molecule has 1 rings (SSSR count). The SMILES string of the molecule is CCCNC(N)=NCc1nc(C(C)(C)C)cs1. The van der Waals surface area contributed by atoms with Crippen LogP contribution in [0, 0.1) is 0 Å². The molecule has 0 aromatic carbocycles. The molecule has 96 valence electrons. The number of nitrogens with zero attached hydrogens (tertiary/aromatic N) is 2. The van der Waals surface area contributed by atoms with Crippen molar-refractivity contribution in [2.45, 2.75) is 46.1 Å². The largest absolute Gasteiger partial charge is 0.370 e. The molecule has 5 heteroatoms. The van der Waals surface area contributed by atoms with E-state index in [1.54, 1.807) is 11.3 Å². The van der Waals surface area contributed by atoms with Gasteiger partial charge < -0.3 is 11.1 Å². The van der Waals surface area contributed by atoms with E-state index in [1.165, 1.54) is 0 Å². The standard InChI is InChI=1S/C12H22N4S/c1-5-6-14-11(13)15-7-10-16-9(8-17-10)12(2,3)4/h8H,5-7H2,1-4H3,(H3,13,14,15). The second-order valence-corrected chi connectivity index (χ2v) is 5.95. The molecule has 0 saturated carbocycles. The molecule has 1 aromatic rings. The van der Waals surface area contributed by atoms with Gasteiger partial charge in [0.05, 0.1) is 12.2 Å². The Kier molecular flexibility index (Phi) is 4.93. The molecule has 0 fully saturated rings. The minimum atomic E-state index is 0.102. The second-order valence-electron chi connectivity index (χ2n) is 5.00. The topological polar surface area (TPSA) is 63.3 Å². The number of aromatic nitrogens is 1. The van der Waals surface area contributed by atoms with E-state index in [9.17, 15) is 0 Å². The Labute approximate surface area is 107 Å². The lowest BCUT2D eigenvalue weighted by atomic mass is 9.93. The summed E-state index contributed by atoms with van der Waals surface area (Å²) in [6, 6.07) is 0. The van der Waals surface area contributed by atoms with Gasteiger partial charge in [0.2, 0.25) is 0 Å². The molecule has 0 aliphatic carbocycles. The molecule has 0 unspecified atom stereocenters. The molecule has 17 heavy (non-hydrogen) atoms. The van der Waals surface area contributed by atoms with Gasteiger partial charge >= 0.3 is 0 Å². The highest BCUT2D eigenvalue weighted by atomic mass is 32.1. The summed E-state index contributed by atoms with van der Waals surface area (Å²) in [4.78, 5) is 8.82. The van der Waals surface area contributed by atoms with E-state index < -0.39 is 0 Å². The number of aliphatic imine (C=N–C) groups is 1. The highest BCUT2D eigenvalue weighted by Gasteiger charge is 2.17. The first kappa shape index (κ1) is 14.0. The van der Waals surface area contributed by atoms with Crippen molar-refractivity contribution < 1.29 is 0 Å². The molecule has 1 heterocycles. The summed E-state index contributed by atoms with van der Waals surface area (Å²) in [5, 5.41) is 6.15. The molecule has 4 nitrogen and oxygen atoms in total. The van der Waals surface area contributed by atoms with E-state index in [4.69, 9.17) is 5.73 Å². The lowest BCUT2D eigenvalue weighted by molar-refractivity contribution is 0.571. The van der Waals surface area contributed by atoms with Gasteiger partial charge in [-0.1, -0.05) is 27.7 Å². The average Bonchev–Trinajstić information content (AvgIpc) is 2.71. The fourth-order valence-corrected chi connectivity index (χ4v) is 2.13. The molecular weight excluding hydrogens is 232 g/mol. The Morgan fingerprint density at radius 1 is 1.53 bits per heavy atom. The predicted molar refractivity (Wildman–Crippen MR) is 74.4 cm³/mol. The van der Waals surface area contributed by atoms with E-state index >= 15 is 0 Å². The van der Waals surface area contributed by atoms with E-state index in [-0.39, 0.29) is 5.41 Å². The highest BCUT2D eigenvalue weighted by molar-refractivity contribution is 7.09. The fourth-order valence-electron chi connectivity index (χ4n) is 1.19. The number of nitrogens with two attached hydrogens (primary N) is 1. The maximum Gasteiger partial charge on any atom is 0.189 e. The number of thiazole rings is 1. The van der Waals surface area contributed by atoms with E-state index in [0.717, 1.165) is 23.7 Å². The van der Waals surface area contributed by atoms with Gasteiger partial charge in [0.15, 0.2) is 5.96 Å². The van der Waals surface area contributed by atoms with E-state index in [1.807, 2.05) is 0 Å². The van der Waals surface area contributed by atoms with Crippen LogP contribution in [-0.2, 0) is 12.0 Å². The molecule has 1 aromatic heterocycles. The Hall–Kier alpha value is -1.10. The van der Waals surface area contributed by atoms with Gasteiger partial charge in [-0.2, -0.15) is 0 Å². The fraction of sp³-hybridized carbons (Fsp3) is 0.667. The van der Waals surface area contributed by atoms with Gasteiger partial charge in [-0.25, -0.2) is 9.98 Å². The summed E-state index contributed by atoms with van der Waals surface area (Å²) in [5.74, 6) is 0.499. The Bertz CT molecular complexity index is 376. The van der Waals surface area contributed by atoms with Crippen LogP contribution in [-0.4, -0.2) is 17.5 Å². The third-order valence-electron chi connectivity index (χ3n) is 2.26. The van der Waals surface area contributed by atoms with Gasteiger partial charge in [0.1, 0.15) is 5.01 Å². The zero-order chi connectivity index (χ0) is 12.9. The van der Waals surface area contributed by atoms with Crippen LogP contribution in [0.5, 0.6) is 0 Å². The quantitative estimate of drug-likeness (QED) is 0.640. The molecular formula is C12H22N4S. The van der Waals surface area contributed by atoms with Crippen molar-refractivity contribution in [2.75, 3.05) is 6.54 Å². The number of guanidine groups is 1. The highest BCUT2D eigenvalue weighted by Crippen LogP contribution is 2.24. The lowest BCUT2D eigenvalue weighted by Gasteiger charge is -2.14. The first-order valence-corrected chi connectivity index (χ1v) is 6.80. The van der Waals surface area contributed by atoms with Gasteiger partial charge in [0.25, 0.3) is 0 Å². The van der Waals surface area contributed by atoms with Crippen molar-refractivity contribution in [1.29, 1.82) is 0 Å². The zero-order valence-corrected chi connectivity index (χ0v) is 11.9. The summed E-state index contributed by atoms with van der Waals surface area (Å²) in [7, 11) is 0. The van der Waals surface area contributed by atoms with Crippen LogP contribution < -0.4 is 11.1 Å². The Morgan fingerprint density at radius 3 is 2.76 bits per heavy atom. The Balaban J connectivity index is 2.55. The van der Waals surface area contributed by atoms with Crippen molar-refractivity contribution >= 4 is 17.3 Å². The first-order valence-electron chi connectivity index (χ1n) is 5.92. The molecule has 0 amide bonds. The van der Waals surface area contributed by atoms with Crippen molar-refractivity contribution in [2.24, 2.45) is 10.7 Å². The lowest BCUT2D eigenvalue weighted by Crippen LogP contribution is -2.32. The van der Waals surface area contributed by atoms with Crippen LogP contribution in [0.4, 0.5) is 0 Å². The number of hydrogen-bond donors (Lipinski definition) is 2. The number of rotatable bonds is 4. The van der Waals surface area contributed by atoms with Crippen LogP contribution in [0.15, 0.2) is 10.4 Å². The molecule has 0 aliphatic heterocycles. The minimum Gasteiger partial charge on any atom is -0.370 e. The molecule has 0 atom stereocenters. The van der Waals surface area contributed by atoms with Crippen LogP contribution in [0.1, 0.15) is 44.8 Å². The van der Waals surface area contributed by atoms with Crippen LogP contribution in [0.3, 0.4) is 0 Å². The van der Waals surface area contributed by atoms with Crippen molar-refractivity contribution in [1.82, 2.24) is 10.3 Å². The molecule has 0 radical (unpaired) electrons. The van der Waals surface area contributed by atoms with Crippen molar-refractivity contribution in [3.63, 3.8) is 0 Å². The maximum atomic E-state index is 5.72. The zero-order valence-electron chi connectivity index (χ0n) is 11.1.